The molecule has 3 N–H and O–H groups in total. The quantitative estimate of drug-likeness (QED) is 0.684. The summed E-state index contributed by atoms with van der Waals surface area (Å²) >= 11 is 0. The minimum absolute atomic E-state index is 0.168. The van der Waals surface area contributed by atoms with E-state index < -0.39 is 0 Å². The van der Waals surface area contributed by atoms with Crippen LogP contribution in [-0.4, -0.2) is 25.3 Å². The molecule has 0 fully saturated rings. The van der Waals surface area contributed by atoms with Crippen molar-refractivity contribution in [1.29, 1.82) is 0 Å². The third-order valence-corrected chi connectivity index (χ3v) is 2.67. The van der Waals surface area contributed by atoms with Crippen LogP contribution < -0.4 is 10.8 Å². The Labute approximate surface area is 82.8 Å². The number of likely N-dealkylation sites (N-methyl/N-ethyl adjacent to an activating group) is 1. The van der Waals surface area contributed by atoms with Crippen LogP contribution in [-0.2, 0) is 4.84 Å². The van der Waals surface area contributed by atoms with Gasteiger partial charge in [-0.25, -0.2) is 5.90 Å². The molecule has 0 saturated carbocycles. The van der Waals surface area contributed by atoms with Crippen molar-refractivity contribution in [2.24, 2.45) is 5.90 Å². The summed E-state index contributed by atoms with van der Waals surface area (Å²) in [5.41, 5.74) is 2.01. The minimum Gasteiger partial charge on any atom is -0.508 e. The molecular formula is C10H14N2O2. The van der Waals surface area contributed by atoms with Crippen molar-refractivity contribution in [2.75, 3.05) is 25.1 Å². The van der Waals surface area contributed by atoms with Crippen molar-refractivity contribution in [2.45, 2.75) is 5.92 Å². The molecule has 4 nitrogen and oxygen atoms in total. The fraction of sp³-hybridized carbons (Fsp3) is 0.400. The topological polar surface area (TPSA) is 58.7 Å². The van der Waals surface area contributed by atoms with Crippen LogP contribution in [0.1, 0.15) is 11.5 Å². The van der Waals surface area contributed by atoms with Gasteiger partial charge in [0.05, 0.1) is 6.61 Å². The van der Waals surface area contributed by atoms with Gasteiger partial charge in [-0.05, 0) is 12.1 Å². The van der Waals surface area contributed by atoms with Crippen LogP contribution in [0.25, 0.3) is 0 Å². The van der Waals surface area contributed by atoms with Gasteiger partial charge in [-0.1, -0.05) is 6.07 Å². The molecule has 1 aliphatic heterocycles. The molecule has 0 spiro atoms. The number of phenolic OH excluding ortho intramolecular Hbond substituents is 1. The molecule has 0 radical (unpaired) electrons. The molecule has 1 aromatic rings. The van der Waals surface area contributed by atoms with Gasteiger partial charge in [0, 0.05) is 30.8 Å². The van der Waals surface area contributed by atoms with Crippen LogP contribution in [0.4, 0.5) is 5.69 Å². The molecular weight excluding hydrogens is 180 g/mol. The molecule has 2 rings (SSSR count). The Bertz CT molecular complexity index is 341. The number of aromatic hydroxyl groups is 1. The van der Waals surface area contributed by atoms with Gasteiger partial charge >= 0.3 is 0 Å². The Morgan fingerprint density at radius 1 is 1.64 bits per heavy atom. The first kappa shape index (κ1) is 9.30. The first-order chi connectivity index (χ1) is 6.74. The van der Waals surface area contributed by atoms with E-state index in [0.29, 0.717) is 12.4 Å². The van der Waals surface area contributed by atoms with Gasteiger partial charge in [0.15, 0.2) is 0 Å². The fourth-order valence-corrected chi connectivity index (χ4v) is 2.06. The molecule has 76 valence electrons. The van der Waals surface area contributed by atoms with Crippen LogP contribution in [0.2, 0.25) is 0 Å². The SMILES string of the molecule is CN1CC(CON)c2c(O)cccc21. The summed E-state index contributed by atoms with van der Waals surface area (Å²) in [6.45, 7) is 1.28. The van der Waals surface area contributed by atoms with E-state index in [1.807, 2.05) is 19.2 Å². The largest absolute Gasteiger partial charge is 0.508 e. The lowest BCUT2D eigenvalue weighted by Crippen LogP contribution is -2.19. The van der Waals surface area contributed by atoms with Gasteiger partial charge in [0.25, 0.3) is 0 Å². The molecule has 1 aliphatic rings. The monoisotopic (exact) mass is 194 g/mol. The standard InChI is InChI=1S/C10H14N2O2/c1-12-5-7(6-14-11)10-8(12)3-2-4-9(10)13/h2-4,7,13H,5-6,11H2,1H3. The van der Waals surface area contributed by atoms with Crippen molar-refractivity contribution in [3.8, 4) is 5.75 Å². The zero-order valence-electron chi connectivity index (χ0n) is 8.10. The van der Waals surface area contributed by atoms with Crippen molar-refractivity contribution in [1.82, 2.24) is 0 Å². The molecule has 1 aromatic carbocycles. The Morgan fingerprint density at radius 2 is 2.43 bits per heavy atom. The summed E-state index contributed by atoms with van der Waals surface area (Å²) in [5, 5.41) is 9.72. The zero-order valence-corrected chi connectivity index (χ0v) is 8.10. The molecule has 14 heavy (non-hydrogen) atoms. The lowest BCUT2D eigenvalue weighted by molar-refractivity contribution is 0.125. The lowest BCUT2D eigenvalue weighted by Gasteiger charge is -2.11. The molecule has 0 aliphatic carbocycles. The molecule has 0 saturated heterocycles. The van der Waals surface area contributed by atoms with Gasteiger partial charge < -0.3 is 14.8 Å². The maximum Gasteiger partial charge on any atom is 0.121 e. The van der Waals surface area contributed by atoms with E-state index in [4.69, 9.17) is 5.90 Å². The number of nitrogens with two attached hydrogens (primary N) is 1. The Hall–Kier alpha value is -1.26. The maximum absolute atomic E-state index is 9.72. The summed E-state index contributed by atoms with van der Waals surface area (Å²) in [6, 6.07) is 5.53. The van der Waals surface area contributed by atoms with E-state index in [-0.39, 0.29) is 5.92 Å². The number of anilines is 1. The average molecular weight is 194 g/mol. The number of rotatable bonds is 2. The Morgan fingerprint density at radius 3 is 3.14 bits per heavy atom. The molecule has 0 bridgehead atoms. The molecule has 0 aromatic heterocycles. The Balaban J connectivity index is 2.40. The second kappa shape index (κ2) is 3.48. The first-order valence-corrected chi connectivity index (χ1v) is 4.58. The zero-order chi connectivity index (χ0) is 10.1. The van der Waals surface area contributed by atoms with E-state index in [9.17, 15) is 5.11 Å². The van der Waals surface area contributed by atoms with Crippen LogP contribution >= 0.6 is 0 Å². The molecule has 1 atom stereocenters. The highest BCUT2D eigenvalue weighted by Gasteiger charge is 2.28. The van der Waals surface area contributed by atoms with Crippen molar-refractivity contribution >= 4 is 5.69 Å². The van der Waals surface area contributed by atoms with E-state index >= 15 is 0 Å². The van der Waals surface area contributed by atoms with Crippen LogP contribution in [0.3, 0.4) is 0 Å². The number of hydrogen-bond donors (Lipinski definition) is 2. The maximum atomic E-state index is 9.72. The summed E-state index contributed by atoms with van der Waals surface area (Å²) in [7, 11) is 1.99. The van der Waals surface area contributed by atoms with Crippen molar-refractivity contribution < 1.29 is 9.94 Å². The van der Waals surface area contributed by atoms with Crippen LogP contribution in [0, 0.1) is 0 Å². The van der Waals surface area contributed by atoms with Gasteiger partial charge in [-0.15, -0.1) is 0 Å². The third-order valence-electron chi connectivity index (χ3n) is 2.67. The van der Waals surface area contributed by atoms with Crippen molar-refractivity contribution in [3.05, 3.63) is 23.8 Å². The smallest absolute Gasteiger partial charge is 0.121 e. The van der Waals surface area contributed by atoms with Gasteiger partial charge in [0.1, 0.15) is 5.75 Å². The number of phenols is 1. The van der Waals surface area contributed by atoms with E-state index in [1.165, 1.54) is 0 Å². The minimum atomic E-state index is 0.168. The van der Waals surface area contributed by atoms with Crippen molar-refractivity contribution in [3.63, 3.8) is 0 Å². The van der Waals surface area contributed by atoms with Crippen LogP contribution in [0.5, 0.6) is 5.75 Å². The highest BCUT2D eigenvalue weighted by atomic mass is 16.6. The highest BCUT2D eigenvalue weighted by molar-refractivity contribution is 5.64. The van der Waals surface area contributed by atoms with Gasteiger partial charge in [-0.3, -0.25) is 0 Å². The van der Waals surface area contributed by atoms with Gasteiger partial charge in [0.2, 0.25) is 0 Å². The highest BCUT2D eigenvalue weighted by Crippen LogP contribution is 2.40. The Kier molecular flexibility index (Phi) is 2.31. The average Bonchev–Trinajstić information content (AvgIpc) is 2.46. The molecule has 1 unspecified atom stereocenters. The lowest BCUT2D eigenvalue weighted by atomic mass is 10.0. The number of hydrogen-bond acceptors (Lipinski definition) is 4. The second-order valence-electron chi connectivity index (χ2n) is 3.62. The fourth-order valence-electron chi connectivity index (χ4n) is 2.06. The number of fused-ring (bicyclic) bond motifs is 1. The first-order valence-electron chi connectivity index (χ1n) is 4.58. The normalized spacial score (nSPS) is 19.9. The summed E-state index contributed by atoms with van der Waals surface area (Å²) in [4.78, 5) is 6.74. The second-order valence-corrected chi connectivity index (χ2v) is 3.62. The summed E-state index contributed by atoms with van der Waals surface area (Å²) in [6.07, 6.45) is 0. The molecule has 0 amide bonds. The summed E-state index contributed by atoms with van der Waals surface area (Å²) < 4.78 is 0. The summed E-state index contributed by atoms with van der Waals surface area (Å²) in [5.74, 6) is 5.56. The van der Waals surface area contributed by atoms with E-state index in [0.717, 1.165) is 17.8 Å². The molecule has 1 heterocycles. The number of benzene rings is 1. The van der Waals surface area contributed by atoms with E-state index in [1.54, 1.807) is 6.07 Å². The number of nitrogens with zero attached hydrogens (tertiary/aromatic N) is 1. The third kappa shape index (κ3) is 1.32. The predicted molar refractivity (Wildman–Crippen MR) is 54.3 cm³/mol. The van der Waals surface area contributed by atoms with E-state index in [2.05, 4.69) is 9.74 Å². The molecule has 4 heteroatoms. The predicted octanol–water partition coefficient (Wildman–Crippen LogP) is 0.816. The van der Waals surface area contributed by atoms with Gasteiger partial charge in [-0.2, -0.15) is 0 Å². The van der Waals surface area contributed by atoms with Crippen LogP contribution in [0.15, 0.2) is 18.2 Å².